The van der Waals surface area contributed by atoms with E-state index in [0.29, 0.717) is 17.8 Å². The van der Waals surface area contributed by atoms with Gasteiger partial charge in [0.05, 0.1) is 12.0 Å². The second-order valence-electron chi connectivity index (χ2n) is 7.92. The molecular formula is C17H29N7O. The minimum Gasteiger partial charge on any atom is -0.354 e. The largest absolute Gasteiger partial charge is 0.354 e. The van der Waals surface area contributed by atoms with Gasteiger partial charge < -0.3 is 20.4 Å². The van der Waals surface area contributed by atoms with Crippen LogP contribution in [-0.4, -0.2) is 64.0 Å². The first kappa shape index (κ1) is 17.7. The third-order valence-corrected chi connectivity index (χ3v) is 4.64. The van der Waals surface area contributed by atoms with Gasteiger partial charge in [-0.1, -0.05) is 0 Å². The van der Waals surface area contributed by atoms with Gasteiger partial charge >= 0.3 is 0 Å². The lowest BCUT2D eigenvalue weighted by Gasteiger charge is -2.36. The Kier molecular flexibility index (Phi) is 4.71. The SMILES string of the molecule is CCNc1nc(NC(C)(C)C)nc(N2CCC[C@H]3C(=O)N(C)C[C@H]32)n1. The van der Waals surface area contributed by atoms with Crippen LogP contribution in [0.5, 0.6) is 0 Å². The molecule has 8 nitrogen and oxygen atoms in total. The minimum absolute atomic E-state index is 0.0529. The molecule has 3 heterocycles. The fourth-order valence-electron chi connectivity index (χ4n) is 3.59. The van der Waals surface area contributed by atoms with E-state index in [1.165, 1.54) is 0 Å². The van der Waals surface area contributed by atoms with E-state index in [1.54, 1.807) is 0 Å². The molecule has 2 aliphatic rings. The number of anilines is 3. The summed E-state index contributed by atoms with van der Waals surface area (Å²) in [6, 6.07) is 0.144. The van der Waals surface area contributed by atoms with E-state index in [4.69, 9.17) is 0 Å². The van der Waals surface area contributed by atoms with E-state index in [9.17, 15) is 4.79 Å². The standard InChI is InChI=1S/C17H29N7O/c1-6-18-14-19-15(22-17(2,3)4)21-16(20-14)24-9-7-8-11-12(24)10-23(5)13(11)25/h11-12H,6-10H2,1-5H3,(H2,18,19,20,21,22)/t11-,12-/m1/s1. The molecule has 0 spiro atoms. The van der Waals surface area contributed by atoms with Gasteiger partial charge in [0.15, 0.2) is 0 Å². The van der Waals surface area contributed by atoms with Crippen molar-refractivity contribution in [1.82, 2.24) is 19.9 Å². The molecule has 2 aliphatic heterocycles. The summed E-state index contributed by atoms with van der Waals surface area (Å²) in [6.45, 7) is 10.6. The number of carbonyl (C=O) groups is 1. The molecule has 25 heavy (non-hydrogen) atoms. The van der Waals surface area contributed by atoms with Crippen molar-refractivity contribution in [2.24, 2.45) is 5.92 Å². The highest BCUT2D eigenvalue weighted by molar-refractivity contribution is 5.83. The number of carbonyl (C=O) groups excluding carboxylic acids is 1. The summed E-state index contributed by atoms with van der Waals surface area (Å²) in [4.78, 5) is 30.1. The van der Waals surface area contributed by atoms with E-state index in [0.717, 1.165) is 32.5 Å². The quantitative estimate of drug-likeness (QED) is 0.855. The maximum atomic E-state index is 12.4. The molecule has 2 N–H and O–H groups in total. The average Bonchev–Trinajstić information content (AvgIpc) is 2.81. The Labute approximate surface area is 149 Å². The smallest absolute Gasteiger partial charge is 0.232 e. The number of amides is 1. The lowest BCUT2D eigenvalue weighted by atomic mass is 9.92. The summed E-state index contributed by atoms with van der Waals surface area (Å²) >= 11 is 0. The molecule has 138 valence electrons. The molecule has 2 saturated heterocycles. The Bertz CT molecular complexity index is 642. The summed E-state index contributed by atoms with van der Waals surface area (Å²) in [7, 11) is 1.88. The molecule has 2 atom stereocenters. The van der Waals surface area contributed by atoms with Gasteiger partial charge in [0.2, 0.25) is 23.8 Å². The topological polar surface area (TPSA) is 86.3 Å². The lowest BCUT2D eigenvalue weighted by Crippen LogP contribution is -2.46. The van der Waals surface area contributed by atoms with E-state index >= 15 is 0 Å². The van der Waals surface area contributed by atoms with Crippen LogP contribution in [0.15, 0.2) is 0 Å². The minimum atomic E-state index is -0.143. The van der Waals surface area contributed by atoms with Crippen molar-refractivity contribution >= 4 is 23.8 Å². The molecule has 0 aromatic carbocycles. The Morgan fingerprint density at radius 2 is 1.92 bits per heavy atom. The van der Waals surface area contributed by atoms with Crippen LogP contribution in [0.25, 0.3) is 0 Å². The number of nitrogens with one attached hydrogen (secondary N) is 2. The number of piperidine rings is 1. The van der Waals surface area contributed by atoms with Gasteiger partial charge in [-0.25, -0.2) is 0 Å². The molecule has 0 radical (unpaired) electrons. The van der Waals surface area contributed by atoms with E-state index in [1.807, 2.05) is 18.9 Å². The number of likely N-dealkylation sites (N-methyl/N-ethyl adjacent to an activating group) is 1. The van der Waals surface area contributed by atoms with Crippen molar-refractivity contribution in [3.63, 3.8) is 0 Å². The number of rotatable bonds is 4. The second kappa shape index (κ2) is 6.65. The summed E-state index contributed by atoms with van der Waals surface area (Å²) in [6.07, 6.45) is 1.92. The van der Waals surface area contributed by atoms with E-state index in [-0.39, 0.29) is 23.4 Å². The molecule has 0 bridgehead atoms. The van der Waals surface area contributed by atoms with Gasteiger partial charge in [-0.05, 0) is 40.5 Å². The van der Waals surface area contributed by atoms with Crippen molar-refractivity contribution in [3.8, 4) is 0 Å². The summed E-state index contributed by atoms with van der Waals surface area (Å²) in [5.41, 5.74) is -0.143. The Morgan fingerprint density at radius 3 is 2.60 bits per heavy atom. The Balaban J connectivity index is 1.93. The lowest BCUT2D eigenvalue weighted by molar-refractivity contribution is -0.130. The highest BCUT2D eigenvalue weighted by Gasteiger charge is 2.44. The fraction of sp³-hybridized carbons (Fsp3) is 0.765. The zero-order valence-electron chi connectivity index (χ0n) is 15.8. The number of hydrogen-bond acceptors (Lipinski definition) is 7. The monoisotopic (exact) mass is 347 g/mol. The maximum absolute atomic E-state index is 12.4. The predicted molar refractivity (Wildman–Crippen MR) is 98.9 cm³/mol. The van der Waals surface area contributed by atoms with Crippen LogP contribution in [-0.2, 0) is 4.79 Å². The first-order valence-electron chi connectivity index (χ1n) is 9.08. The zero-order valence-corrected chi connectivity index (χ0v) is 15.8. The van der Waals surface area contributed by atoms with E-state index in [2.05, 4.69) is 51.3 Å². The molecule has 3 rings (SSSR count). The first-order valence-corrected chi connectivity index (χ1v) is 9.08. The van der Waals surface area contributed by atoms with Crippen LogP contribution in [0, 0.1) is 5.92 Å². The molecule has 1 amide bonds. The van der Waals surface area contributed by atoms with E-state index < -0.39 is 0 Å². The normalized spacial score (nSPS) is 23.6. The van der Waals surface area contributed by atoms with Crippen molar-refractivity contribution < 1.29 is 4.79 Å². The highest BCUT2D eigenvalue weighted by Crippen LogP contribution is 2.33. The van der Waals surface area contributed by atoms with Gasteiger partial charge in [-0.2, -0.15) is 15.0 Å². The van der Waals surface area contributed by atoms with Crippen LogP contribution in [0.1, 0.15) is 40.5 Å². The molecule has 2 fully saturated rings. The summed E-state index contributed by atoms with van der Waals surface area (Å²) in [5.74, 6) is 2.07. The summed E-state index contributed by atoms with van der Waals surface area (Å²) < 4.78 is 0. The number of aromatic nitrogens is 3. The number of likely N-dealkylation sites (tertiary alicyclic amines) is 1. The second-order valence-corrected chi connectivity index (χ2v) is 7.92. The van der Waals surface area contributed by atoms with Crippen molar-refractivity contribution in [2.45, 2.75) is 52.1 Å². The predicted octanol–water partition coefficient (Wildman–Crippen LogP) is 1.57. The van der Waals surface area contributed by atoms with Crippen LogP contribution < -0.4 is 15.5 Å². The first-order chi connectivity index (χ1) is 11.8. The average molecular weight is 347 g/mol. The van der Waals surface area contributed by atoms with Crippen LogP contribution in [0.4, 0.5) is 17.8 Å². The van der Waals surface area contributed by atoms with Gasteiger partial charge in [-0.3, -0.25) is 4.79 Å². The number of fused-ring (bicyclic) bond motifs is 1. The molecule has 1 aromatic heterocycles. The van der Waals surface area contributed by atoms with Crippen LogP contribution >= 0.6 is 0 Å². The van der Waals surface area contributed by atoms with Crippen molar-refractivity contribution in [1.29, 1.82) is 0 Å². The zero-order chi connectivity index (χ0) is 18.2. The van der Waals surface area contributed by atoms with Crippen LogP contribution in [0.2, 0.25) is 0 Å². The maximum Gasteiger partial charge on any atom is 0.232 e. The Hall–Kier alpha value is -2.12. The molecule has 1 aromatic rings. The number of nitrogens with zero attached hydrogens (tertiary/aromatic N) is 5. The molecule has 8 heteroatoms. The van der Waals surface area contributed by atoms with Crippen molar-refractivity contribution in [2.75, 3.05) is 42.2 Å². The van der Waals surface area contributed by atoms with Gasteiger partial charge in [0.25, 0.3) is 0 Å². The molecular weight excluding hydrogens is 318 g/mol. The van der Waals surface area contributed by atoms with Gasteiger partial charge in [-0.15, -0.1) is 0 Å². The molecule has 0 saturated carbocycles. The third-order valence-electron chi connectivity index (χ3n) is 4.64. The molecule has 0 unspecified atom stereocenters. The highest BCUT2D eigenvalue weighted by atomic mass is 16.2. The summed E-state index contributed by atoms with van der Waals surface area (Å²) in [5, 5.41) is 6.51. The molecule has 0 aliphatic carbocycles. The van der Waals surface area contributed by atoms with Crippen LogP contribution in [0.3, 0.4) is 0 Å². The van der Waals surface area contributed by atoms with Crippen molar-refractivity contribution in [3.05, 3.63) is 0 Å². The number of hydrogen-bond donors (Lipinski definition) is 2. The Morgan fingerprint density at radius 1 is 1.20 bits per heavy atom. The third kappa shape index (κ3) is 3.77. The van der Waals surface area contributed by atoms with Gasteiger partial charge in [0, 0.05) is 32.2 Å². The van der Waals surface area contributed by atoms with Gasteiger partial charge in [0.1, 0.15) is 0 Å². The fourth-order valence-corrected chi connectivity index (χ4v) is 3.59.